The maximum atomic E-state index is 11.7. The summed E-state index contributed by atoms with van der Waals surface area (Å²) in [5, 5.41) is 12.7. The van der Waals surface area contributed by atoms with Crippen molar-refractivity contribution < 1.29 is 19.4 Å². The van der Waals surface area contributed by atoms with Crippen LogP contribution in [0.3, 0.4) is 0 Å². The SMILES string of the molecule is CC(C)(C)OC(=O)n1cc([C@@H]2C[C@H]2C(=O)O)cn1. The minimum Gasteiger partial charge on any atom is -0.481 e. The van der Waals surface area contributed by atoms with Gasteiger partial charge in [-0.3, -0.25) is 4.79 Å². The highest BCUT2D eigenvalue weighted by Gasteiger charge is 2.45. The summed E-state index contributed by atoms with van der Waals surface area (Å²) >= 11 is 0. The maximum absolute atomic E-state index is 11.7. The molecule has 1 aliphatic carbocycles. The fraction of sp³-hybridized carbons (Fsp3) is 0.583. The van der Waals surface area contributed by atoms with Gasteiger partial charge >= 0.3 is 12.1 Å². The van der Waals surface area contributed by atoms with Gasteiger partial charge in [-0.25, -0.2) is 4.79 Å². The van der Waals surface area contributed by atoms with E-state index in [4.69, 9.17) is 9.84 Å². The van der Waals surface area contributed by atoms with Crippen LogP contribution in [0.15, 0.2) is 12.4 Å². The van der Waals surface area contributed by atoms with Crippen molar-refractivity contribution in [2.24, 2.45) is 5.92 Å². The zero-order valence-electron chi connectivity index (χ0n) is 10.6. The van der Waals surface area contributed by atoms with Gasteiger partial charge in [0, 0.05) is 12.1 Å². The first-order chi connectivity index (χ1) is 8.28. The average Bonchev–Trinajstić information content (AvgIpc) is 2.86. The highest BCUT2D eigenvalue weighted by atomic mass is 16.6. The summed E-state index contributed by atoms with van der Waals surface area (Å²) in [6.07, 6.45) is 3.12. The van der Waals surface area contributed by atoms with Crippen LogP contribution in [0.1, 0.15) is 38.7 Å². The maximum Gasteiger partial charge on any atom is 0.435 e. The molecule has 98 valence electrons. The summed E-state index contributed by atoms with van der Waals surface area (Å²) in [6.45, 7) is 5.32. The lowest BCUT2D eigenvalue weighted by atomic mass is 10.2. The van der Waals surface area contributed by atoms with Crippen LogP contribution in [0.4, 0.5) is 4.79 Å². The van der Waals surface area contributed by atoms with Crippen LogP contribution >= 0.6 is 0 Å². The van der Waals surface area contributed by atoms with E-state index in [1.165, 1.54) is 6.20 Å². The number of aromatic nitrogens is 2. The Morgan fingerprint density at radius 3 is 2.67 bits per heavy atom. The molecular weight excluding hydrogens is 236 g/mol. The van der Waals surface area contributed by atoms with Crippen molar-refractivity contribution in [2.45, 2.75) is 38.7 Å². The van der Waals surface area contributed by atoms with Crippen molar-refractivity contribution in [2.75, 3.05) is 0 Å². The molecule has 2 rings (SSSR count). The largest absolute Gasteiger partial charge is 0.481 e. The Balaban J connectivity index is 2.03. The highest BCUT2D eigenvalue weighted by Crippen LogP contribution is 2.47. The lowest BCUT2D eigenvalue weighted by molar-refractivity contribution is -0.138. The van der Waals surface area contributed by atoms with E-state index in [1.54, 1.807) is 27.0 Å². The molecule has 0 aromatic carbocycles. The van der Waals surface area contributed by atoms with Crippen molar-refractivity contribution in [3.05, 3.63) is 18.0 Å². The van der Waals surface area contributed by atoms with Crippen LogP contribution in [0.2, 0.25) is 0 Å². The van der Waals surface area contributed by atoms with Gasteiger partial charge in [0.05, 0.1) is 12.1 Å². The molecule has 1 saturated carbocycles. The molecule has 1 aromatic heterocycles. The van der Waals surface area contributed by atoms with Gasteiger partial charge < -0.3 is 9.84 Å². The van der Waals surface area contributed by atoms with Crippen molar-refractivity contribution >= 4 is 12.1 Å². The third kappa shape index (κ3) is 2.69. The minimum atomic E-state index is -0.801. The molecule has 2 atom stereocenters. The van der Waals surface area contributed by atoms with Gasteiger partial charge in [0.25, 0.3) is 0 Å². The Hall–Kier alpha value is -1.85. The standard InChI is InChI=1S/C12H16N2O4/c1-12(2,3)18-11(17)14-6-7(5-13-14)8-4-9(8)10(15)16/h5-6,8-9H,4H2,1-3H3,(H,15,16)/t8-,9+/m0/s1. The van der Waals surface area contributed by atoms with Crippen molar-refractivity contribution in [1.82, 2.24) is 9.78 Å². The fourth-order valence-electron chi connectivity index (χ4n) is 1.77. The number of ether oxygens (including phenoxy) is 1. The van der Waals surface area contributed by atoms with E-state index in [-0.39, 0.29) is 11.8 Å². The van der Waals surface area contributed by atoms with Gasteiger partial charge in [0.2, 0.25) is 0 Å². The van der Waals surface area contributed by atoms with Crippen LogP contribution in [0.25, 0.3) is 0 Å². The summed E-state index contributed by atoms with van der Waals surface area (Å²) in [4.78, 5) is 22.4. The summed E-state index contributed by atoms with van der Waals surface area (Å²) in [5.41, 5.74) is 0.195. The van der Waals surface area contributed by atoms with Crippen LogP contribution in [0, 0.1) is 5.92 Å². The zero-order chi connectivity index (χ0) is 13.5. The topological polar surface area (TPSA) is 81.4 Å². The van der Waals surface area contributed by atoms with E-state index in [9.17, 15) is 9.59 Å². The second kappa shape index (κ2) is 4.12. The second-order valence-corrected chi connectivity index (χ2v) is 5.49. The lowest BCUT2D eigenvalue weighted by Crippen LogP contribution is -2.27. The number of rotatable bonds is 2. The van der Waals surface area contributed by atoms with Crippen LogP contribution in [-0.2, 0) is 9.53 Å². The van der Waals surface area contributed by atoms with Crippen LogP contribution in [-0.4, -0.2) is 32.6 Å². The Labute approximate surface area is 105 Å². The van der Waals surface area contributed by atoms with E-state index in [2.05, 4.69) is 5.10 Å². The van der Waals surface area contributed by atoms with Crippen LogP contribution < -0.4 is 0 Å². The van der Waals surface area contributed by atoms with Gasteiger partial charge in [-0.05, 0) is 32.8 Å². The molecule has 1 heterocycles. The number of carboxylic acids is 1. The van der Waals surface area contributed by atoms with Gasteiger partial charge in [0.1, 0.15) is 5.60 Å². The summed E-state index contributed by atoms with van der Waals surface area (Å²) in [6, 6.07) is 0. The number of aliphatic carboxylic acids is 1. The molecule has 0 spiro atoms. The van der Waals surface area contributed by atoms with Gasteiger partial charge in [-0.1, -0.05) is 0 Å². The third-order valence-electron chi connectivity index (χ3n) is 2.72. The molecule has 0 aliphatic heterocycles. The first-order valence-electron chi connectivity index (χ1n) is 5.78. The third-order valence-corrected chi connectivity index (χ3v) is 2.72. The van der Waals surface area contributed by atoms with E-state index in [1.807, 2.05) is 0 Å². The molecule has 0 radical (unpaired) electrons. The molecule has 6 nitrogen and oxygen atoms in total. The normalized spacial score (nSPS) is 22.6. The highest BCUT2D eigenvalue weighted by molar-refractivity contribution is 5.75. The molecular formula is C12H16N2O4. The fourth-order valence-corrected chi connectivity index (χ4v) is 1.77. The molecule has 1 fully saturated rings. The molecule has 1 N–H and O–H groups in total. The Morgan fingerprint density at radius 1 is 1.50 bits per heavy atom. The van der Waals surface area contributed by atoms with Gasteiger partial charge in [-0.15, -0.1) is 0 Å². The Morgan fingerprint density at radius 2 is 2.17 bits per heavy atom. The summed E-state index contributed by atoms with van der Waals surface area (Å²) in [5.74, 6) is -1.18. The predicted molar refractivity (Wildman–Crippen MR) is 62.3 cm³/mol. The monoisotopic (exact) mass is 252 g/mol. The molecule has 6 heteroatoms. The first-order valence-corrected chi connectivity index (χ1v) is 5.78. The number of carbonyl (C=O) groups is 2. The number of carbonyl (C=O) groups excluding carboxylic acids is 1. The van der Waals surface area contributed by atoms with E-state index in [0.717, 1.165) is 10.2 Å². The van der Waals surface area contributed by atoms with Crippen molar-refractivity contribution in [3.63, 3.8) is 0 Å². The second-order valence-electron chi connectivity index (χ2n) is 5.49. The molecule has 0 bridgehead atoms. The van der Waals surface area contributed by atoms with Crippen LogP contribution in [0.5, 0.6) is 0 Å². The van der Waals surface area contributed by atoms with E-state index in [0.29, 0.717) is 6.42 Å². The summed E-state index contributed by atoms with van der Waals surface area (Å²) in [7, 11) is 0. The lowest BCUT2D eigenvalue weighted by Gasteiger charge is -2.18. The smallest absolute Gasteiger partial charge is 0.435 e. The predicted octanol–water partition coefficient (Wildman–Crippen LogP) is 1.85. The van der Waals surface area contributed by atoms with E-state index >= 15 is 0 Å². The molecule has 0 unspecified atom stereocenters. The molecule has 18 heavy (non-hydrogen) atoms. The average molecular weight is 252 g/mol. The first kappa shape index (κ1) is 12.6. The van der Waals surface area contributed by atoms with E-state index < -0.39 is 17.7 Å². The van der Waals surface area contributed by atoms with Crippen molar-refractivity contribution in [3.8, 4) is 0 Å². The molecule has 1 aliphatic rings. The van der Waals surface area contributed by atoms with Gasteiger partial charge in [-0.2, -0.15) is 9.78 Å². The number of hydrogen-bond donors (Lipinski definition) is 1. The Kier molecular flexibility index (Phi) is 2.88. The molecule has 0 saturated heterocycles. The number of hydrogen-bond acceptors (Lipinski definition) is 4. The number of carboxylic acid groups (broad SMARTS) is 1. The molecule has 0 amide bonds. The Bertz CT molecular complexity index is 487. The molecule has 1 aromatic rings. The minimum absolute atomic E-state index is 0.0290. The van der Waals surface area contributed by atoms with Crippen molar-refractivity contribution in [1.29, 1.82) is 0 Å². The zero-order valence-corrected chi connectivity index (χ0v) is 10.6. The quantitative estimate of drug-likeness (QED) is 0.868. The summed E-state index contributed by atoms with van der Waals surface area (Å²) < 4.78 is 6.27. The van der Waals surface area contributed by atoms with Gasteiger partial charge in [0.15, 0.2) is 0 Å². The number of nitrogens with zero attached hydrogens (tertiary/aromatic N) is 2.